The van der Waals surface area contributed by atoms with Gasteiger partial charge in [0.1, 0.15) is 17.5 Å². The Labute approximate surface area is 158 Å². The summed E-state index contributed by atoms with van der Waals surface area (Å²) in [6.07, 6.45) is 0. The lowest BCUT2D eigenvalue weighted by molar-refractivity contribution is 0.627. The van der Waals surface area contributed by atoms with Gasteiger partial charge in [-0.05, 0) is 42.0 Å². The molecule has 4 rings (SSSR count). The molecule has 0 spiro atoms. The number of hydrogen-bond acceptors (Lipinski definition) is 5. The van der Waals surface area contributed by atoms with E-state index in [-0.39, 0.29) is 17.6 Å². The highest BCUT2D eigenvalue weighted by Gasteiger charge is 2.33. The van der Waals surface area contributed by atoms with E-state index in [0.717, 1.165) is 21.9 Å². The molecule has 0 amide bonds. The van der Waals surface area contributed by atoms with Crippen LogP contribution in [0.15, 0.2) is 66.0 Å². The number of nitrogens with two attached hydrogens (primary N) is 1. The summed E-state index contributed by atoms with van der Waals surface area (Å²) < 4.78 is 15.9. The lowest BCUT2D eigenvalue weighted by atomic mass is 9.88. The van der Waals surface area contributed by atoms with Crippen LogP contribution >= 0.6 is 23.6 Å². The molecule has 1 aromatic heterocycles. The van der Waals surface area contributed by atoms with Gasteiger partial charge in [0, 0.05) is 5.69 Å². The number of anilines is 1. The van der Waals surface area contributed by atoms with Gasteiger partial charge in [-0.2, -0.15) is 5.26 Å². The highest BCUT2D eigenvalue weighted by Crippen LogP contribution is 2.45. The van der Waals surface area contributed by atoms with Gasteiger partial charge in [-0.3, -0.25) is 4.57 Å². The van der Waals surface area contributed by atoms with E-state index in [2.05, 4.69) is 11.4 Å². The number of benzene rings is 2. The number of nitrogens with zero attached hydrogens (tertiary/aromatic N) is 2. The Balaban J connectivity index is 1.96. The second-order valence-electron chi connectivity index (χ2n) is 5.80. The average molecular weight is 380 g/mol. The number of fused-ring (bicyclic) bond motifs is 1. The fourth-order valence-electron chi connectivity index (χ4n) is 3.09. The van der Waals surface area contributed by atoms with Crippen molar-refractivity contribution in [3.63, 3.8) is 0 Å². The maximum Gasteiger partial charge on any atom is 0.167 e. The molecule has 0 bridgehead atoms. The number of nitrogens with one attached hydrogen (secondary N) is 1. The lowest BCUT2D eigenvalue weighted by Crippen LogP contribution is -2.23. The number of aromatic nitrogens is 1. The third-order valence-corrected chi connectivity index (χ3v) is 5.71. The molecule has 3 N–H and O–H groups in total. The first-order chi connectivity index (χ1) is 12.6. The highest BCUT2D eigenvalue weighted by atomic mass is 32.1. The second-order valence-corrected chi connectivity index (χ2v) is 7.48. The number of thiazole rings is 1. The molecule has 1 aliphatic rings. The van der Waals surface area contributed by atoms with E-state index in [9.17, 15) is 9.65 Å². The normalized spacial score (nSPS) is 15.9. The topological polar surface area (TPSA) is 66.8 Å². The molecule has 0 saturated heterocycles. The molecule has 2 aromatic carbocycles. The van der Waals surface area contributed by atoms with Crippen molar-refractivity contribution in [2.24, 2.45) is 5.73 Å². The molecule has 0 aliphatic carbocycles. The van der Waals surface area contributed by atoms with E-state index in [1.54, 1.807) is 12.1 Å². The van der Waals surface area contributed by atoms with Crippen LogP contribution in [0.25, 0.3) is 5.69 Å². The number of rotatable bonds is 2. The summed E-state index contributed by atoms with van der Waals surface area (Å²) in [7, 11) is 0. The van der Waals surface area contributed by atoms with E-state index < -0.39 is 0 Å². The third-order valence-electron chi connectivity index (χ3n) is 4.27. The quantitative estimate of drug-likeness (QED) is 0.635. The molecular formula is C19H13FN4S2. The number of nitriles is 1. The molecule has 3 aromatic rings. The summed E-state index contributed by atoms with van der Waals surface area (Å²) in [5.41, 5.74) is 8.26. The first kappa shape index (κ1) is 16.5. The van der Waals surface area contributed by atoms with Gasteiger partial charge >= 0.3 is 0 Å². The zero-order valence-corrected chi connectivity index (χ0v) is 15.1. The maximum absolute atomic E-state index is 13.4. The molecule has 1 atom stereocenters. The predicted molar refractivity (Wildman–Crippen MR) is 103 cm³/mol. The van der Waals surface area contributed by atoms with Crippen LogP contribution in [0.1, 0.15) is 16.4 Å². The number of hydrogen-bond donors (Lipinski definition) is 2. The van der Waals surface area contributed by atoms with Gasteiger partial charge in [-0.1, -0.05) is 30.3 Å². The van der Waals surface area contributed by atoms with Crippen LogP contribution in [0.3, 0.4) is 0 Å². The van der Waals surface area contributed by atoms with Crippen molar-refractivity contribution in [2.45, 2.75) is 5.92 Å². The van der Waals surface area contributed by atoms with E-state index in [0.29, 0.717) is 9.53 Å². The Kier molecular flexibility index (Phi) is 4.07. The minimum Gasteiger partial charge on any atom is -0.384 e. The Morgan fingerprint density at radius 1 is 1.15 bits per heavy atom. The number of para-hydroxylation sites is 1. The first-order valence-electron chi connectivity index (χ1n) is 7.83. The van der Waals surface area contributed by atoms with Crippen molar-refractivity contribution >= 4 is 29.4 Å². The molecule has 4 nitrogen and oxygen atoms in total. The fourth-order valence-corrected chi connectivity index (χ4v) is 4.65. The largest absolute Gasteiger partial charge is 0.384 e. The van der Waals surface area contributed by atoms with Crippen LogP contribution in [0, 0.1) is 21.1 Å². The SMILES string of the molecule is N#CC1=C(N)Nc2c(sc(=S)n2-c2ccccc2)C1c1ccc(F)cc1. The van der Waals surface area contributed by atoms with Crippen LogP contribution in [-0.4, -0.2) is 4.57 Å². The summed E-state index contributed by atoms with van der Waals surface area (Å²) in [6, 6.07) is 18.0. The van der Waals surface area contributed by atoms with E-state index >= 15 is 0 Å². The molecule has 26 heavy (non-hydrogen) atoms. The summed E-state index contributed by atoms with van der Waals surface area (Å²) in [6.45, 7) is 0. The molecule has 1 aliphatic heterocycles. The lowest BCUT2D eigenvalue weighted by Gasteiger charge is -2.25. The van der Waals surface area contributed by atoms with Crippen molar-refractivity contribution in [2.75, 3.05) is 5.32 Å². The van der Waals surface area contributed by atoms with E-state index in [4.69, 9.17) is 18.0 Å². The molecule has 2 heterocycles. The van der Waals surface area contributed by atoms with Crippen LogP contribution in [0.5, 0.6) is 0 Å². The smallest absolute Gasteiger partial charge is 0.167 e. The van der Waals surface area contributed by atoms with Crippen LogP contribution in [-0.2, 0) is 0 Å². The van der Waals surface area contributed by atoms with Gasteiger partial charge in [-0.15, -0.1) is 11.3 Å². The van der Waals surface area contributed by atoms with Gasteiger partial charge < -0.3 is 11.1 Å². The monoisotopic (exact) mass is 380 g/mol. The summed E-state index contributed by atoms with van der Waals surface area (Å²) in [5, 5.41) is 12.8. The predicted octanol–water partition coefficient (Wildman–Crippen LogP) is 4.66. The fraction of sp³-hybridized carbons (Fsp3) is 0.0526. The summed E-state index contributed by atoms with van der Waals surface area (Å²) in [4.78, 5) is 0.885. The molecule has 128 valence electrons. The number of allylic oxidation sites excluding steroid dienone is 1. The zero-order valence-electron chi connectivity index (χ0n) is 13.4. The van der Waals surface area contributed by atoms with Crippen LogP contribution in [0.4, 0.5) is 10.2 Å². The van der Waals surface area contributed by atoms with Gasteiger partial charge in [0.15, 0.2) is 3.95 Å². The van der Waals surface area contributed by atoms with E-state index in [1.165, 1.54) is 23.5 Å². The van der Waals surface area contributed by atoms with Crippen molar-refractivity contribution in [3.8, 4) is 11.8 Å². The summed E-state index contributed by atoms with van der Waals surface area (Å²) in [5.74, 6) is 0.324. The van der Waals surface area contributed by atoms with Gasteiger partial charge in [-0.25, -0.2) is 4.39 Å². The van der Waals surface area contributed by atoms with Crippen LogP contribution in [0.2, 0.25) is 0 Å². The Morgan fingerprint density at radius 2 is 1.85 bits per heavy atom. The van der Waals surface area contributed by atoms with Crippen LogP contribution < -0.4 is 11.1 Å². The zero-order chi connectivity index (χ0) is 18.3. The third kappa shape index (κ3) is 2.60. The van der Waals surface area contributed by atoms with Gasteiger partial charge in [0.25, 0.3) is 0 Å². The molecular weight excluding hydrogens is 367 g/mol. The molecule has 0 saturated carbocycles. The Morgan fingerprint density at radius 3 is 2.50 bits per heavy atom. The van der Waals surface area contributed by atoms with Crippen molar-refractivity contribution in [3.05, 3.63) is 86.2 Å². The number of halogens is 1. The average Bonchev–Trinajstić information content (AvgIpc) is 2.97. The van der Waals surface area contributed by atoms with Crippen molar-refractivity contribution in [1.29, 1.82) is 5.26 Å². The maximum atomic E-state index is 13.4. The minimum atomic E-state index is -0.381. The minimum absolute atomic E-state index is 0.284. The molecule has 1 unspecified atom stereocenters. The molecule has 0 fully saturated rings. The Bertz CT molecular complexity index is 1110. The molecule has 7 heteroatoms. The highest BCUT2D eigenvalue weighted by molar-refractivity contribution is 7.73. The van der Waals surface area contributed by atoms with Gasteiger partial charge in [0.2, 0.25) is 0 Å². The Hall–Kier alpha value is -2.95. The standard InChI is InChI=1S/C19H13FN4S2/c20-12-8-6-11(7-9-12)15-14(10-21)17(22)23-18-16(15)26-19(25)24(18)13-4-2-1-3-5-13/h1-9,15,23H,22H2. The summed E-state index contributed by atoms with van der Waals surface area (Å²) >= 11 is 7.00. The molecule has 0 radical (unpaired) electrons. The second kappa shape index (κ2) is 6.41. The van der Waals surface area contributed by atoms with E-state index in [1.807, 2.05) is 34.9 Å². The van der Waals surface area contributed by atoms with Gasteiger partial charge in [0.05, 0.1) is 22.4 Å². The van der Waals surface area contributed by atoms with Crippen molar-refractivity contribution < 1.29 is 4.39 Å². The van der Waals surface area contributed by atoms with Crippen molar-refractivity contribution in [1.82, 2.24) is 4.57 Å². The first-order valence-corrected chi connectivity index (χ1v) is 9.06.